The second-order valence-electron chi connectivity index (χ2n) is 6.77. The summed E-state index contributed by atoms with van der Waals surface area (Å²) in [6.07, 6.45) is 1.50. The summed E-state index contributed by atoms with van der Waals surface area (Å²) in [5.41, 5.74) is 2.40. The number of carbonyl (C=O) groups excluding carboxylic acids is 1. The molecule has 1 fully saturated rings. The summed E-state index contributed by atoms with van der Waals surface area (Å²) in [7, 11) is 3.27. The molecule has 1 aliphatic heterocycles. The fourth-order valence-electron chi connectivity index (χ4n) is 3.47. The molecule has 2 heterocycles. The van der Waals surface area contributed by atoms with Crippen LogP contribution in [0.15, 0.2) is 59.3 Å². The van der Waals surface area contributed by atoms with E-state index in [4.69, 9.17) is 14.0 Å². The van der Waals surface area contributed by atoms with E-state index in [1.807, 2.05) is 53.4 Å². The average molecular weight is 393 g/mol. The Labute approximate surface area is 169 Å². The molecule has 0 aliphatic carbocycles. The van der Waals surface area contributed by atoms with Gasteiger partial charge >= 0.3 is 0 Å². The number of nitrogens with zero attached hydrogens (tertiary/aromatic N) is 3. The summed E-state index contributed by atoms with van der Waals surface area (Å²) >= 11 is 0. The highest BCUT2D eigenvalue weighted by Gasteiger charge is 2.26. The zero-order valence-electron chi connectivity index (χ0n) is 16.5. The number of rotatable bonds is 5. The van der Waals surface area contributed by atoms with Gasteiger partial charge in [0.05, 0.1) is 20.4 Å². The lowest BCUT2D eigenvalue weighted by molar-refractivity contribution is 0.0747. The molecule has 7 heteroatoms. The van der Waals surface area contributed by atoms with Crippen molar-refractivity contribution in [1.82, 2.24) is 10.1 Å². The van der Waals surface area contributed by atoms with Gasteiger partial charge in [0.25, 0.3) is 5.91 Å². The largest absolute Gasteiger partial charge is 0.497 e. The maximum Gasteiger partial charge on any atom is 0.259 e. The molecule has 1 aliphatic rings. The molecule has 1 saturated heterocycles. The molecule has 0 saturated carbocycles. The smallest absolute Gasteiger partial charge is 0.259 e. The van der Waals surface area contributed by atoms with Crippen LogP contribution in [0.5, 0.6) is 11.5 Å². The Morgan fingerprint density at radius 2 is 1.48 bits per heavy atom. The highest BCUT2D eigenvalue weighted by molar-refractivity contribution is 5.99. The molecule has 0 radical (unpaired) electrons. The number of hydrogen-bond acceptors (Lipinski definition) is 6. The van der Waals surface area contributed by atoms with Gasteiger partial charge in [-0.1, -0.05) is 5.16 Å². The van der Waals surface area contributed by atoms with Gasteiger partial charge in [-0.3, -0.25) is 4.79 Å². The second-order valence-corrected chi connectivity index (χ2v) is 6.77. The molecule has 0 atom stereocenters. The number of anilines is 1. The quantitative estimate of drug-likeness (QED) is 0.662. The molecular weight excluding hydrogens is 370 g/mol. The third kappa shape index (κ3) is 3.89. The molecule has 1 aromatic heterocycles. The van der Waals surface area contributed by atoms with E-state index < -0.39 is 0 Å². The summed E-state index contributed by atoms with van der Waals surface area (Å²) in [6.45, 7) is 2.80. The van der Waals surface area contributed by atoms with Crippen LogP contribution >= 0.6 is 0 Å². The van der Waals surface area contributed by atoms with Crippen LogP contribution in [-0.4, -0.2) is 56.4 Å². The molecule has 0 N–H and O–H groups in total. The first-order chi connectivity index (χ1) is 14.2. The Hall–Kier alpha value is -3.48. The second kappa shape index (κ2) is 8.26. The van der Waals surface area contributed by atoms with Crippen molar-refractivity contribution in [2.45, 2.75) is 0 Å². The van der Waals surface area contributed by atoms with Crippen LogP contribution in [0.25, 0.3) is 11.3 Å². The van der Waals surface area contributed by atoms with E-state index in [2.05, 4.69) is 10.1 Å². The van der Waals surface area contributed by atoms with E-state index in [0.29, 0.717) is 24.4 Å². The van der Waals surface area contributed by atoms with Gasteiger partial charge in [0.2, 0.25) is 0 Å². The van der Waals surface area contributed by atoms with Gasteiger partial charge in [0.15, 0.2) is 5.76 Å². The Balaban J connectivity index is 1.44. The monoisotopic (exact) mass is 393 g/mol. The molecule has 150 valence electrons. The van der Waals surface area contributed by atoms with Crippen LogP contribution < -0.4 is 14.4 Å². The predicted octanol–water partition coefficient (Wildman–Crippen LogP) is 3.32. The number of aromatic nitrogens is 1. The SMILES string of the molecule is COc1ccc(-c2oncc2C(=O)N2CCN(c3ccc(OC)cc3)CC2)cc1. The highest BCUT2D eigenvalue weighted by atomic mass is 16.5. The van der Waals surface area contributed by atoms with E-state index in [9.17, 15) is 4.79 Å². The summed E-state index contributed by atoms with van der Waals surface area (Å²) < 4.78 is 15.8. The van der Waals surface area contributed by atoms with Crippen molar-refractivity contribution in [2.24, 2.45) is 0 Å². The van der Waals surface area contributed by atoms with Crippen molar-refractivity contribution in [3.05, 3.63) is 60.3 Å². The van der Waals surface area contributed by atoms with Gasteiger partial charge in [-0.2, -0.15) is 0 Å². The molecular formula is C22H23N3O4. The number of ether oxygens (including phenoxy) is 2. The fraction of sp³-hybridized carbons (Fsp3) is 0.273. The maximum absolute atomic E-state index is 13.1. The van der Waals surface area contributed by atoms with Gasteiger partial charge in [-0.05, 0) is 48.5 Å². The topological polar surface area (TPSA) is 68.0 Å². The first kappa shape index (κ1) is 18.9. The fourth-order valence-corrected chi connectivity index (χ4v) is 3.47. The Morgan fingerprint density at radius 1 is 0.897 bits per heavy atom. The lowest BCUT2D eigenvalue weighted by atomic mass is 10.1. The Kier molecular flexibility index (Phi) is 5.37. The zero-order valence-corrected chi connectivity index (χ0v) is 16.5. The van der Waals surface area contributed by atoms with Gasteiger partial charge in [0, 0.05) is 37.4 Å². The van der Waals surface area contributed by atoms with Crippen LogP contribution in [0.3, 0.4) is 0 Å². The van der Waals surface area contributed by atoms with Crippen LogP contribution in [-0.2, 0) is 0 Å². The predicted molar refractivity (Wildman–Crippen MR) is 110 cm³/mol. The number of piperazine rings is 1. The van der Waals surface area contributed by atoms with Gasteiger partial charge in [-0.15, -0.1) is 0 Å². The number of benzene rings is 2. The lowest BCUT2D eigenvalue weighted by Gasteiger charge is -2.36. The van der Waals surface area contributed by atoms with E-state index in [0.717, 1.165) is 35.8 Å². The third-order valence-electron chi connectivity index (χ3n) is 5.16. The van der Waals surface area contributed by atoms with E-state index in [1.54, 1.807) is 14.2 Å². The van der Waals surface area contributed by atoms with Crippen molar-refractivity contribution >= 4 is 11.6 Å². The number of amides is 1. The first-order valence-electron chi connectivity index (χ1n) is 9.47. The molecule has 0 spiro atoms. The molecule has 0 unspecified atom stereocenters. The minimum atomic E-state index is -0.0635. The Morgan fingerprint density at radius 3 is 2.07 bits per heavy atom. The van der Waals surface area contributed by atoms with E-state index in [-0.39, 0.29) is 5.91 Å². The molecule has 29 heavy (non-hydrogen) atoms. The standard InChI is InChI=1S/C22H23N3O4/c1-27-18-7-3-16(4-8-18)21-20(15-23-29-21)22(26)25-13-11-24(12-14-25)17-5-9-19(28-2)10-6-17/h3-10,15H,11-14H2,1-2H3. The molecule has 1 amide bonds. The van der Waals surface area contributed by atoms with Crippen molar-refractivity contribution in [2.75, 3.05) is 45.3 Å². The van der Waals surface area contributed by atoms with Crippen LogP contribution in [0.4, 0.5) is 5.69 Å². The minimum absolute atomic E-state index is 0.0635. The molecule has 2 aromatic carbocycles. The summed E-state index contributed by atoms with van der Waals surface area (Å²) in [4.78, 5) is 17.2. The van der Waals surface area contributed by atoms with Gasteiger partial charge in [-0.25, -0.2) is 0 Å². The number of carbonyl (C=O) groups is 1. The first-order valence-corrected chi connectivity index (χ1v) is 9.47. The molecule has 3 aromatic rings. The molecule has 7 nitrogen and oxygen atoms in total. The number of hydrogen-bond donors (Lipinski definition) is 0. The lowest BCUT2D eigenvalue weighted by Crippen LogP contribution is -2.48. The summed E-state index contributed by atoms with van der Waals surface area (Å²) in [5.74, 6) is 2.00. The zero-order chi connectivity index (χ0) is 20.2. The molecule has 4 rings (SSSR count). The maximum atomic E-state index is 13.1. The van der Waals surface area contributed by atoms with Gasteiger partial charge in [0.1, 0.15) is 17.1 Å². The van der Waals surface area contributed by atoms with Crippen molar-refractivity contribution in [3.8, 4) is 22.8 Å². The summed E-state index contributed by atoms with van der Waals surface area (Å²) in [5, 5.41) is 3.86. The highest BCUT2D eigenvalue weighted by Crippen LogP contribution is 2.27. The van der Waals surface area contributed by atoms with Crippen molar-refractivity contribution in [3.63, 3.8) is 0 Å². The minimum Gasteiger partial charge on any atom is -0.497 e. The van der Waals surface area contributed by atoms with Crippen molar-refractivity contribution in [1.29, 1.82) is 0 Å². The average Bonchev–Trinajstić information content (AvgIpc) is 3.29. The van der Waals surface area contributed by atoms with Crippen LogP contribution in [0.2, 0.25) is 0 Å². The number of methoxy groups -OCH3 is 2. The van der Waals surface area contributed by atoms with E-state index >= 15 is 0 Å². The normalized spacial score (nSPS) is 14.0. The van der Waals surface area contributed by atoms with Crippen LogP contribution in [0.1, 0.15) is 10.4 Å². The third-order valence-corrected chi connectivity index (χ3v) is 5.16. The van der Waals surface area contributed by atoms with Crippen LogP contribution in [0, 0.1) is 0 Å². The summed E-state index contributed by atoms with van der Waals surface area (Å²) in [6, 6.07) is 15.4. The Bertz CT molecular complexity index is 958. The van der Waals surface area contributed by atoms with E-state index in [1.165, 1.54) is 6.20 Å². The molecule has 0 bridgehead atoms. The van der Waals surface area contributed by atoms with Crippen molar-refractivity contribution < 1.29 is 18.8 Å². The van der Waals surface area contributed by atoms with Gasteiger partial charge < -0.3 is 23.8 Å².